The van der Waals surface area contributed by atoms with E-state index in [4.69, 9.17) is 14.8 Å². The summed E-state index contributed by atoms with van der Waals surface area (Å²) in [5.41, 5.74) is 5.35. The lowest BCUT2D eigenvalue weighted by Gasteiger charge is -2.24. The van der Waals surface area contributed by atoms with Crippen LogP contribution in [0, 0.1) is 0 Å². The highest BCUT2D eigenvalue weighted by atomic mass is 31.2. The molecule has 0 saturated carbocycles. The lowest BCUT2D eigenvalue weighted by molar-refractivity contribution is -0.124. The molecule has 0 bridgehead atoms. The third-order valence-electron chi connectivity index (χ3n) is 9.58. The lowest BCUT2D eigenvalue weighted by Crippen LogP contribution is -2.46. The molecule has 0 rings (SSSR count). The fraction of sp³-hybridized carbons (Fsp3) is 0.881. The summed E-state index contributed by atoms with van der Waals surface area (Å²) in [5, 5.41) is 24.0. The summed E-state index contributed by atoms with van der Waals surface area (Å²) < 4.78 is 22.0. The van der Waals surface area contributed by atoms with Gasteiger partial charge in [0.15, 0.2) is 0 Å². The maximum absolute atomic E-state index is 12.8. The molecule has 1 amide bonds. The van der Waals surface area contributed by atoms with Gasteiger partial charge in [-0.1, -0.05) is 173 Å². The van der Waals surface area contributed by atoms with Gasteiger partial charge in [-0.15, -0.1) is 0 Å². The normalized spacial score (nSPS) is 15.0. The third-order valence-corrected chi connectivity index (χ3v) is 10.6. The number of hydrogen-bond acceptors (Lipinski definition) is 7. The molecule has 9 nitrogen and oxygen atoms in total. The molecule has 0 aromatic carbocycles. The van der Waals surface area contributed by atoms with Gasteiger partial charge < -0.3 is 26.2 Å². The van der Waals surface area contributed by atoms with Gasteiger partial charge in [-0.2, -0.15) is 0 Å². The van der Waals surface area contributed by atoms with E-state index in [0.717, 1.165) is 51.4 Å². The smallest absolute Gasteiger partial charge is 0.393 e. The number of nitrogens with one attached hydrogen (secondary N) is 1. The van der Waals surface area contributed by atoms with Gasteiger partial charge in [-0.25, -0.2) is 4.57 Å². The minimum absolute atomic E-state index is 0.0486. The SMILES string of the molecule is CCCCCCCCCC/C=C/C(O)C(COP(=O)(O)OCCN)NC(=O)CC(O)CCCCCCC/C=C\CCCCCCCCCCCCC. The van der Waals surface area contributed by atoms with Crippen molar-refractivity contribution < 1.29 is 33.5 Å². The number of allylic oxidation sites excluding steroid dienone is 3. The fourth-order valence-electron chi connectivity index (χ4n) is 6.29. The Morgan fingerprint density at radius 1 is 0.654 bits per heavy atom. The molecule has 0 heterocycles. The van der Waals surface area contributed by atoms with Gasteiger partial charge >= 0.3 is 7.82 Å². The van der Waals surface area contributed by atoms with Crippen LogP contribution in [0.1, 0.15) is 200 Å². The van der Waals surface area contributed by atoms with Crippen LogP contribution in [0.4, 0.5) is 0 Å². The van der Waals surface area contributed by atoms with Crippen molar-refractivity contribution in [3.63, 3.8) is 0 Å². The Labute approximate surface area is 320 Å². The number of hydrogen-bond donors (Lipinski definition) is 5. The van der Waals surface area contributed by atoms with E-state index in [1.54, 1.807) is 6.08 Å². The lowest BCUT2D eigenvalue weighted by atomic mass is 10.0. The molecule has 0 aliphatic carbocycles. The van der Waals surface area contributed by atoms with Gasteiger partial charge in [0, 0.05) is 6.54 Å². The van der Waals surface area contributed by atoms with E-state index >= 15 is 0 Å². The average Bonchev–Trinajstić information content (AvgIpc) is 3.12. The molecule has 10 heteroatoms. The number of carbonyl (C=O) groups excluding carboxylic acids is 1. The number of unbranched alkanes of at least 4 members (excludes halogenated alkanes) is 24. The van der Waals surface area contributed by atoms with E-state index in [9.17, 15) is 24.5 Å². The highest BCUT2D eigenvalue weighted by Crippen LogP contribution is 2.43. The molecule has 0 fully saturated rings. The first kappa shape index (κ1) is 50.9. The van der Waals surface area contributed by atoms with Crippen LogP contribution in [-0.4, -0.2) is 59.0 Å². The number of phosphoric acid groups is 1. The summed E-state index contributed by atoms with van der Waals surface area (Å²) in [6.45, 7) is 3.95. The van der Waals surface area contributed by atoms with Gasteiger partial charge in [0.1, 0.15) is 0 Å². The van der Waals surface area contributed by atoms with Gasteiger partial charge in [0.25, 0.3) is 0 Å². The van der Waals surface area contributed by atoms with Gasteiger partial charge in [0.05, 0.1) is 37.9 Å². The molecular weight excluding hydrogens is 675 g/mol. The topological polar surface area (TPSA) is 151 Å². The molecule has 308 valence electrons. The zero-order valence-corrected chi connectivity index (χ0v) is 34.6. The minimum atomic E-state index is -4.39. The van der Waals surface area contributed by atoms with E-state index in [-0.39, 0.29) is 19.6 Å². The van der Waals surface area contributed by atoms with Gasteiger partial charge in [-0.3, -0.25) is 13.8 Å². The van der Waals surface area contributed by atoms with Gasteiger partial charge in [0.2, 0.25) is 5.91 Å². The van der Waals surface area contributed by atoms with Crippen molar-refractivity contribution in [2.45, 2.75) is 218 Å². The average molecular weight is 759 g/mol. The van der Waals surface area contributed by atoms with Crippen molar-refractivity contribution in [1.29, 1.82) is 0 Å². The van der Waals surface area contributed by atoms with Crippen molar-refractivity contribution >= 4 is 13.7 Å². The second kappa shape index (κ2) is 38.2. The highest BCUT2D eigenvalue weighted by molar-refractivity contribution is 7.47. The quantitative estimate of drug-likeness (QED) is 0.0235. The number of phosphoric ester groups is 1. The summed E-state index contributed by atoms with van der Waals surface area (Å²) in [7, 11) is -4.39. The molecule has 52 heavy (non-hydrogen) atoms. The largest absolute Gasteiger partial charge is 0.472 e. The van der Waals surface area contributed by atoms with Crippen LogP contribution in [0.25, 0.3) is 0 Å². The Hall–Kier alpha value is -1.06. The predicted octanol–water partition coefficient (Wildman–Crippen LogP) is 10.8. The molecule has 0 aromatic rings. The standard InChI is InChI=1S/C42H83N2O7P/c1-3-5-7-9-11-13-15-16-17-18-19-20-21-22-23-24-25-27-29-31-33-39(45)37-42(47)44-40(38-51-52(48,49)50-36-35-43)41(46)34-32-30-28-26-14-12-10-8-6-4-2/h21-22,32,34,39-41,45-46H,3-20,23-31,33,35-38,43H2,1-2H3,(H,44,47)(H,48,49)/b22-21-,34-32+. The van der Waals surface area contributed by atoms with E-state index in [1.165, 1.54) is 122 Å². The molecule has 6 N–H and O–H groups in total. The first-order valence-corrected chi connectivity index (χ1v) is 23.0. The molecular formula is C42H83N2O7P. The second-order valence-corrected chi connectivity index (χ2v) is 16.2. The van der Waals surface area contributed by atoms with Crippen molar-refractivity contribution in [3.05, 3.63) is 24.3 Å². The van der Waals surface area contributed by atoms with Gasteiger partial charge in [-0.05, 0) is 44.9 Å². The molecule has 0 aromatic heterocycles. The first-order valence-electron chi connectivity index (χ1n) is 21.5. The van der Waals surface area contributed by atoms with Crippen LogP contribution in [0.5, 0.6) is 0 Å². The Bertz CT molecular complexity index is 888. The second-order valence-electron chi connectivity index (χ2n) is 14.7. The molecule has 0 saturated heterocycles. The van der Waals surface area contributed by atoms with Crippen molar-refractivity contribution in [2.75, 3.05) is 19.8 Å². The zero-order valence-electron chi connectivity index (χ0n) is 33.7. The van der Waals surface area contributed by atoms with Crippen molar-refractivity contribution in [2.24, 2.45) is 5.73 Å². The summed E-state index contributed by atoms with van der Waals surface area (Å²) in [5.74, 6) is -0.452. The fourth-order valence-corrected chi connectivity index (χ4v) is 7.05. The molecule has 0 aliphatic heterocycles. The van der Waals surface area contributed by atoms with E-state index in [1.807, 2.05) is 6.08 Å². The summed E-state index contributed by atoms with van der Waals surface area (Å²) in [4.78, 5) is 22.7. The number of rotatable bonds is 40. The number of carbonyl (C=O) groups is 1. The number of amides is 1. The summed E-state index contributed by atoms with van der Waals surface area (Å²) in [6.07, 6.45) is 39.9. The van der Waals surface area contributed by atoms with Crippen LogP contribution in [0.15, 0.2) is 24.3 Å². The summed E-state index contributed by atoms with van der Waals surface area (Å²) in [6, 6.07) is -0.981. The number of aliphatic hydroxyl groups excluding tert-OH is 2. The highest BCUT2D eigenvalue weighted by Gasteiger charge is 2.27. The van der Waals surface area contributed by atoms with Crippen LogP contribution >= 0.6 is 7.82 Å². The molecule has 4 unspecified atom stereocenters. The molecule has 4 atom stereocenters. The third kappa shape index (κ3) is 35.9. The molecule has 0 spiro atoms. The predicted molar refractivity (Wildman–Crippen MR) is 218 cm³/mol. The van der Waals surface area contributed by atoms with Crippen LogP contribution in [-0.2, 0) is 18.4 Å². The minimum Gasteiger partial charge on any atom is -0.393 e. The van der Waals surface area contributed by atoms with E-state index in [2.05, 4.69) is 31.3 Å². The number of nitrogens with two attached hydrogens (primary N) is 1. The van der Waals surface area contributed by atoms with E-state index in [0.29, 0.717) is 6.42 Å². The van der Waals surface area contributed by atoms with Crippen molar-refractivity contribution in [3.8, 4) is 0 Å². The van der Waals surface area contributed by atoms with E-state index < -0.39 is 38.6 Å². The Balaban J connectivity index is 4.22. The monoisotopic (exact) mass is 759 g/mol. The Morgan fingerprint density at radius 2 is 1.08 bits per heavy atom. The Kier molecular flexibility index (Phi) is 37.4. The maximum atomic E-state index is 12.8. The number of aliphatic hydroxyl groups is 2. The summed E-state index contributed by atoms with van der Waals surface area (Å²) >= 11 is 0. The van der Waals surface area contributed by atoms with Crippen molar-refractivity contribution in [1.82, 2.24) is 5.32 Å². The first-order chi connectivity index (χ1) is 25.3. The van der Waals surface area contributed by atoms with Crippen LogP contribution < -0.4 is 11.1 Å². The Morgan fingerprint density at radius 3 is 1.54 bits per heavy atom. The van der Waals surface area contributed by atoms with Crippen LogP contribution in [0.2, 0.25) is 0 Å². The van der Waals surface area contributed by atoms with Crippen LogP contribution in [0.3, 0.4) is 0 Å². The zero-order chi connectivity index (χ0) is 38.4. The molecule has 0 radical (unpaired) electrons. The molecule has 0 aliphatic rings. The maximum Gasteiger partial charge on any atom is 0.472 e.